The van der Waals surface area contributed by atoms with Crippen molar-refractivity contribution in [1.29, 1.82) is 0 Å². The van der Waals surface area contributed by atoms with Gasteiger partial charge in [0.2, 0.25) is 0 Å². The van der Waals surface area contributed by atoms with Crippen LogP contribution in [-0.4, -0.2) is 37.8 Å². The maximum Gasteiger partial charge on any atom is 0.192 e. The minimum Gasteiger partial charge on any atom is -0.355 e. The third kappa shape index (κ3) is 4.98. The molecular formula is C17H26N6S2. The fourth-order valence-corrected chi connectivity index (χ4v) is 4.63. The highest BCUT2D eigenvalue weighted by Crippen LogP contribution is 2.36. The second-order valence-corrected chi connectivity index (χ2v) is 9.29. The average molecular weight is 379 g/mol. The topological polar surface area (TPSA) is 67.1 Å². The molecule has 0 radical (unpaired) electrons. The molecule has 1 aliphatic rings. The molecule has 1 saturated heterocycles. The lowest BCUT2D eigenvalue weighted by Gasteiger charge is -2.24. The number of aryl methyl sites for hydroxylation is 1. The minimum absolute atomic E-state index is 0.298. The Kier molecular flexibility index (Phi) is 6.01. The molecule has 0 spiro atoms. The minimum atomic E-state index is 0.298. The summed E-state index contributed by atoms with van der Waals surface area (Å²) in [6, 6.07) is 4.21. The van der Waals surface area contributed by atoms with Gasteiger partial charge in [-0.15, -0.1) is 21.5 Å². The standard InChI is InChI=1S/C17H26N6S2/c1-13-21-22-15(23(13)3)11-19-16(18-10-14-6-4-8-24-14)20-12-17(2)7-5-9-25-17/h4,6,8H,5,7,9-12H2,1-3H3,(H2,18,19,20). The van der Waals surface area contributed by atoms with Crippen molar-refractivity contribution in [3.05, 3.63) is 34.0 Å². The number of aliphatic imine (C=N–C) groups is 1. The van der Waals surface area contributed by atoms with E-state index < -0.39 is 0 Å². The first kappa shape index (κ1) is 18.3. The quantitative estimate of drug-likeness (QED) is 0.598. The Balaban J connectivity index is 1.64. The Hall–Kier alpha value is -1.54. The maximum atomic E-state index is 4.73. The Morgan fingerprint density at radius 3 is 2.92 bits per heavy atom. The normalized spacial score (nSPS) is 20.8. The number of guanidine groups is 1. The lowest BCUT2D eigenvalue weighted by Crippen LogP contribution is -2.43. The summed E-state index contributed by atoms with van der Waals surface area (Å²) in [5.41, 5.74) is 0. The van der Waals surface area contributed by atoms with E-state index >= 15 is 0 Å². The first-order valence-electron chi connectivity index (χ1n) is 8.59. The maximum absolute atomic E-state index is 4.73. The van der Waals surface area contributed by atoms with Crippen LogP contribution in [0.2, 0.25) is 0 Å². The zero-order chi connectivity index (χ0) is 17.7. The highest BCUT2D eigenvalue weighted by Gasteiger charge is 2.29. The number of rotatable bonds is 6. The van der Waals surface area contributed by atoms with Gasteiger partial charge in [0.25, 0.3) is 0 Å². The van der Waals surface area contributed by atoms with Crippen LogP contribution in [0.5, 0.6) is 0 Å². The zero-order valence-electron chi connectivity index (χ0n) is 15.1. The molecule has 0 saturated carbocycles. The Labute approximate surface area is 157 Å². The second kappa shape index (κ2) is 8.23. The van der Waals surface area contributed by atoms with Crippen LogP contribution < -0.4 is 10.6 Å². The van der Waals surface area contributed by atoms with E-state index in [-0.39, 0.29) is 0 Å². The SMILES string of the molecule is Cc1nnc(CN=C(NCc2cccs2)NCC2(C)CCCS2)n1C. The van der Waals surface area contributed by atoms with Gasteiger partial charge in [-0.3, -0.25) is 0 Å². The van der Waals surface area contributed by atoms with Crippen LogP contribution in [0, 0.1) is 6.92 Å². The van der Waals surface area contributed by atoms with Gasteiger partial charge in [-0.2, -0.15) is 11.8 Å². The smallest absolute Gasteiger partial charge is 0.192 e. The van der Waals surface area contributed by atoms with E-state index in [2.05, 4.69) is 57.0 Å². The predicted molar refractivity (Wildman–Crippen MR) is 106 cm³/mol. The van der Waals surface area contributed by atoms with Crippen LogP contribution in [0.25, 0.3) is 0 Å². The lowest BCUT2D eigenvalue weighted by molar-refractivity contribution is 0.583. The molecule has 6 nitrogen and oxygen atoms in total. The molecule has 1 unspecified atom stereocenters. The zero-order valence-corrected chi connectivity index (χ0v) is 16.7. The summed E-state index contributed by atoms with van der Waals surface area (Å²) in [6.45, 7) is 6.51. The molecule has 136 valence electrons. The van der Waals surface area contributed by atoms with E-state index in [1.54, 1.807) is 11.3 Å². The third-order valence-corrected chi connectivity index (χ3v) is 6.92. The van der Waals surface area contributed by atoms with E-state index in [1.807, 2.05) is 18.5 Å². The molecule has 3 heterocycles. The number of nitrogens with zero attached hydrogens (tertiary/aromatic N) is 4. The van der Waals surface area contributed by atoms with E-state index in [0.717, 1.165) is 30.7 Å². The molecule has 0 aromatic carbocycles. The Morgan fingerprint density at radius 2 is 2.28 bits per heavy atom. The molecule has 0 aliphatic carbocycles. The monoisotopic (exact) mass is 378 g/mol. The van der Waals surface area contributed by atoms with Crippen molar-refractivity contribution < 1.29 is 0 Å². The molecule has 1 fully saturated rings. The molecule has 1 atom stereocenters. The first-order valence-corrected chi connectivity index (χ1v) is 10.5. The first-order chi connectivity index (χ1) is 12.1. The van der Waals surface area contributed by atoms with E-state index in [0.29, 0.717) is 11.3 Å². The van der Waals surface area contributed by atoms with Crippen molar-refractivity contribution in [2.24, 2.45) is 12.0 Å². The van der Waals surface area contributed by atoms with Crippen molar-refractivity contribution in [2.45, 2.75) is 44.5 Å². The number of thiophene rings is 1. The molecule has 2 aromatic heterocycles. The van der Waals surface area contributed by atoms with Gasteiger partial charge in [-0.05, 0) is 43.9 Å². The number of nitrogens with one attached hydrogen (secondary N) is 2. The van der Waals surface area contributed by atoms with Gasteiger partial charge in [0.05, 0.1) is 6.54 Å². The van der Waals surface area contributed by atoms with Crippen molar-refractivity contribution in [3.63, 3.8) is 0 Å². The highest BCUT2D eigenvalue weighted by atomic mass is 32.2. The lowest BCUT2D eigenvalue weighted by atomic mass is 10.1. The van der Waals surface area contributed by atoms with Crippen LogP contribution >= 0.6 is 23.1 Å². The van der Waals surface area contributed by atoms with Crippen LogP contribution in [0.15, 0.2) is 22.5 Å². The van der Waals surface area contributed by atoms with Gasteiger partial charge in [0.1, 0.15) is 12.4 Å². The highest BCUT2D eigenvalue weighted by molar-refractivity contribution is 8.00. The van der Waals surface area contributed by atoms with Gasteiger partial charge in [0.15, 0.2) is 11.8 Å². The number of thioether (sulfide) groups is 1. The summed E-state index contributed by atoms with van der Waals surface area (Å²) in [5.74, 6) is 3.87. The second-order valence-electron chi connectivity index (χ2n) is 6.58. The summed E-state index contributed by atoms with van der Waals surface area (Å²) in [7, 11) is 1.97. The van der Waals surface area contributed by atoms with Crippen molar-refractivity contribution in [2.75, 3.05) is 12.3 Å². The molecular weight excluding hydrogens is 352 g/mol. The number of aromatic nitrogens is 3. The fraction of sp³-hybridized carbons (Fsp3) is 0.588. The van der Waals surface area contributed by atoms with Gasteiger partial charge in [0, 0.05) is 23.2 Å². The van der Waals surface area contributed by atoms with Crippen LogP contribution in [-0.2, 0) is 20.1 Å². The predicted octanol–water partition coefficient (Wildman–Crippen LogP) is 2.71. The molecule has 0 amide bonds. The van der Waals surface area contributed by atoms with Gasteiger partial charge >= 0.3 is 0 Å². The summed E-state index contributed by atoms with van der Waals surface area (Å²) >= 11 is 3.81. The summed E-state index contributed by atoms with van der Waals surface area (Å²) < 4.78 is 2.28. The number of hydrogen-bond donors (Lipinski definition) is 2. The Morgan fingerprint density at radius 1 is 1.40 bits per heavy atom. The molecule has 2 aromatic rings. The van der Waals surface area contributed by atoms with E-state index in [1.165, 1.54) is 23.5 Å². The van der Waals surface area contributed by atoms with Crippen LogP contribution in [0.1, 0.15) is 36.3 Å². The van der Waals surface area contributed by atoms with Crippen LogP contribution in [0.4, 0.5) is 0 Å². The molecule has 8 heteroatoms. The van der Waals surface area contributed by atoms with Crippen molar-refractivity contribution in [3.8, 4) is 0 Å². The van der Waals surface area contributed by atoms with E-state index in [4.69, 9.17) is 4.99 Å². The molecule has 0 bridgehead atoms. The molecule has 3 rings (SSSR count). The largest absolute Gasteiger partial charge is 0.355 e. The molecule has 2 N–H and O–H groups in total. The Bertz CT molecular complexity index is 701. The fourth-order valence-electron chi connectivity index (χ4n) is 2.74. The molecule has 25 heavy (non-hydrogen) atoms. The van der Waals surface area contributed by atoms with Crippen LogP contribution in [0.3, 0.4) is 0 Å². The summed E-state index contributed by atoms with van der Waals surface area (Å²) in [4.78, 5) is 6.02. The third-order valence-electron chi connectivity index (χ3n) is 4.50. The van der Waals surface area contributed by atoms with Crippen molar-refractivity contribution in [1.82, 2.24) is 25.4 Å². The number of hydrogen-bond acceptors (Lipinski definition) is 5. The van der Waals surface area contributed by atoms with Crippen molar-refractivity contribution >= 4 is 29.1 Å². The van der Waals surface area contributed by atoms with E-state index in [9.17, 15) is 0 Å². The van der Waals surface area contributed by atoms with Gasteiger partial charge in [-0.1, -0.05) is 6.07 Å². The average Bonchev–Trinajstić information content (AvgIpc) is 3.33. The summed E-state index contributed by atoms with van der Waals surface area (Å²) in [6.07, 6.45) is 2.56. The van der Waals surface area contributed by atoms with Gasteiger partial charge < -0.3 is 15.2 Å². The van der Waals surface area contributed by atoms with Gasteiger partial charge in [-0.25, -0.2) is 4.99 Å². The molecule has 1 aliphatic heterocycles. The summed E-state index contributed by atoms with van der Waals surface area (Å²) in [5, 5.41) is 17.4.